The Balaban J connectivity index is 1.55. The predicted molar refractivity (Wildman–Crippen MR) is 115 cm³/mol. The predicted octanol–water partition coefficient (Wildman–Crippen LogP) is 3.63. The standard InChI is InChI=1S/C22H28N2O5S/c1-16-8-13-20(21(14-16)28-2)29-15-22(25)23-17-9-11-19(12-10-17)30(26,27)24-18-6-4-3-5-7-18/h8-14,18,24H,3-7,15H2,1-2H3,(H,23,25). The lowest BCUT2D eigenvalue weighted by atomic mass is 9.96. The fourth-order valence-electron chi connectivity index (χ4n) is 3.46. The lowest BCUT2D eigenvalue weighted by molar-refractivity contribution is -0.118. The largest absolute Gasteiger partial charge is 0.493 e. The number of amides is 1. The van der Waals surface area contributed by atoms with Crippen molar-refractivity contribution in [1.29, 1.82) is 0 Å². The third-order valence-corrected chi connectivity index (χ3v) is 6.59. The molecule has 0 aromatic heterocycles. The van der Waals surface area contributed by atoms with Crippen LogP contribution in [0.3, 0.4) is 0 Å². The van der Waals surface area contributed by atoms with Crippen molar-refractivity contribution in [2.24, 2.45) is 0 Å². The average Bonchev–Trinajstić information content (AvgIpc) is 2.73. The van der Waals surface area contributed by atoms with Gasteiger partial charge in [0, 0.05) is 11.7 Å². The number of hydrogen-bond acceptors (Lipinski definition) is 5. The number of rotatable bonds is 8. The Kier molecular flexibility index (Phi) is 7.33. The molecule has 2 aromatic rings. The molecular formula is C22H28N2O5S. The summed E-state index contributed by atoms with van der Waals surface area (Å²) in [6, 6.07) is 11.6. The van der Waals surface area contributed by atoms with Crippen LogP contribution in [0.4, 0.5) is 5.69 Å². The highest BCUT2D eigenvalue weighted by Crippen LogP contribution is 2.27. The fourth-order valence-corrected chi connectivity index (χ4v) is 4.76. The Hall–Kier alpha value is -2.58. The van der Waals surface area contributed by atoms with Crippen molar-refractivity contribution in [1.82, 2.24) is 4.72 Å². The van der Waals surface area contributed by atoms with Gasteiger partial charge in [-0.05, 0) is 61.7 Å². The number of benzene rings is 2. The van der Waals surface area contributed by atoms with Gasteiger partial charge in [-0.15, -0.1) is 0 Å². The number of aryl methyl sites for hydroxylation is 1. The molecule has 7 nitrogen and oxygen atoms in total. The van der Waals surface area contributed by atoms with Crippen molar-refractivity contribution in [2.75, 3.05) is 19.0 Å². The van der Waals surface area contributed by atoms with Crippen molar-refractivity contribution in [3.05, 3.63) is 48.0 Å². The van der Waals surface area contributed by atoms with Gasteiger partial charge in [-0.1, -0.05) is 25.3 Å². The molecular weight excluding hydrogens is 404 g/mol. The molecule has 1 aliphatic carbocycles. The maximum absolute atomic E-state index is 12.5. The van der Waals surface area contributed by atoms with Crippen LogP contribution in [0.5, 0.6) is 11.5 Å². The molecule has 0 spiro atoms. The summed E-state index contributed by atoms with van der Waals surface area (Å²) < 4.78 is 38.7. The van der Waals surface area contributed by atoms with Crippen LogP contribution in [0.1, 0.15) is 37.7 Å². The van der Waals surface area contributed by atoms with Gasteiger partial charge in [0.05, 0.1) is 12.0 Å². The number of methoxy groups -OCH3 is 1. The summed E-state index contributed by atoms with van der Waals surface area (Å²) in [6.07, 6.45) is 5.01. The third-order valence-electron chi connectivity index (χ3n) is 5.05. The van der Waals surface area contributed by atoms with Crippen LogP contribution in [-0.4, -0.2) is 34.1 Å². The minimum absolute atomic E-state index is 0.000886. The second-order valence-corrected chi connectivity index (χ2v) is 9.19. The Bertz CT molecular complexity index is 968. The summed E-state index contributed by atoms with van der Waals surface area (Å²) >= 11 is 0. The quantitative estimate of drug-likeness (QED) is 0.664. The first kappa shape index (κ1) is 22.1. The summed E-state index contributed by atoms with van der Waals surface area (Å²) in [6.45, 7) is 1.75. The highest BCUT2D eigenvalue weighted by molar-refractivity contribution is 7.89. The Labute approximate surface area is 177 Å². The van der Waals surface area contributed by atoms with Crippen molar-refractivity contribution in [3.63, 3.8) is 0 Å². The van der Waals surface area contributed by atoms with Crippen molar-refractivity contribution < 1.29 is 22.7 Å². The van der Waals surface area contributed by atoms with E-state index in [2.05, 4.69) is 10.0 Å². The van der Waals surface area contributed by atoms with Gasteiger partial charge in [-0.25, -0.2) is 13.1 Å². The van der Waals surface area contributed by atoms with E-state index in [1.807, 2.05) is 19.1 Å². The zero-order chi connectivity index (χ0) is 21.6. The van der Waals surface area contributed by atoms with E-state index in [9.17, 15) is 13.2 Å². The second kappa shape index (κ2) is 9.95. The van der Waals surface area contributed by atoms with Crippen LogP contribution in [0.25, 0.3) is 0 Å². The zero-order valence-corrected chi connectivity index (χ0v) is 18.1. The summed E-state index contributed by atoms with van der Waals surface area (Å²) in [5, 5.41) is 2.70. The topological polar surface area (TPSA) is 93.7 Å². The number of nitrogens with one attached hydrogen (secondary N) is 2. The molecule has 0 radical (unpaired) electrons. The van der Waals surface area contributed by atoms with Crippen molar-refractivity contribution in [2.45, 2.75) is 50.0 Å². The van der Waals surface area contributed by atoms with E-state index in [4.69, 9.17) is 9.47 Å². The molecule has 1 aliphatic rings. The van der Waals surface area contributed by atoms with Crippen LogP contribution >= 0.6 is 0 Å². The lowest BCUT2D eigenvalue weighted by Gasteiger charge is -2.22. The summed E-state index contributed by atoms with van der Waals surface area (Å²) in [4.78, 5) is 12.4. The molecule has 2 N–H and O–H groups in total. The molecule has 3 rings (SSSR count). The average molecular weight is 433 g/mol. The zero-order valence-electron chi connectivity index (χ0n) is 17.3. The van der Waals surface area contributed by atoms with Crippen LogP contribution < -0.4 is 19.5 Å². The number of carbonyl (C=O) groups is 1. The van der Waals surface area contributed by atoms with Gasteiger partial charge in [0.25, 0.3) is 5.91 Å². The number of ether oxygens (including phenoxy) is 2. The van der Waals surface area contributed by atoms with E-state index in [1.165, 1.54) is 12.1 Å². The van der Waals surface area contributed by atoms with Gasteiger partial charge >= 0.3 is 0 Å². The number of carbonyl (C=O) groups excluding carboxylic acids is 1. The molecule has 1 fully saturated rings. The van der Waals surface area contributed by atoms with Crippen molar-refractivity contribution >= 4 is 21.6 Å². The molecule has 8 heteroatoms. The number of sulfonamides is 1. The molecule has 30 heavy (non-hydrogen) atoms. The second-order valence-electron chi connectivity index (χ2n) is 7.47. The number of anilines is 1. The molecule has 2 aromatic carbocycles. The normalized spacial score (nSPS) is 14.9. The fraction of sp³-hybridized carbons (Fsp3) is 0.409. The lowest BCUT2D eigenvalue weighted by Crippen LogP contribution is -2.36. The van der Waals surface area contributed by atoms with Crippen LogP contribution in [0.2, 0.25) is 0 Å². The molecule has 0 bridgehead atoms. The highest BCUT2D eigenvalue weighted by atomic mass is 32.2. The van der Waals surface area contributed by atoms with E-state index in [0.717, 1.165) is 37.7 Å². The first-order chi connectivity index (χ1) is 14.4. The van der Waals surface area contributed by atoms with E-state index in [-0.39, 0.29) is 23.5 Å². The van der Waals surface area contributed by atoms with Crippen LogP contribution in [-0.2, 0) is 14.8 Å². The highest BCUT2D eigenvalue weighted by Gasteiger charge is 2.21. The van der Waals surface area contributed by atoms with Gasteiger partial charge in [0.1, 0.15) is 0 Å². The van der Waals surface area contributed by atoms with E-state index in [0.29, 0.717) is 17.2 Å². The SMILES string of the molecule is COc1cc(C)ccc1OCC(=O)Nc1ccc(S(=O)(=O)NC2CCCCC2)cc1. The monoisotopic (exact) mass is 432 g/mol. The molecule has 0 atom stereocenters. The van der Waals surface area contributed by atoms with Gasteiger partial charge < -0.3 is 14.8 Å². The molecule has 0 saturated heterocycles. The summed E-state index contributed by atoms with van der Waals surface area (Å²) in [7, 11) is -2.02. The minimum atomic E-state index is -3.56. The van der Waals surface area contributed by atoms with E-state index in [1.54, 1.807) is 25.3 Å². The molecule has 0 heterocycles. The number of hydrogen-bond donors (Lipinski definition) is 2. The molecule has 162 valence electrons. The Morgan fingerprint density at radius 1 is 1.03 bits per heavy atom. The maximum Gasteiger partial charge on any atom is 0.262 e. The maximum atomic E-state index is 12.5. The Morgan fingerprint density at radius 3 is 2.40 bits per heavy atom. The molecule has 0 unspecified atom stereocenters. The van der Waals surface area contributed by atoms with Gasteiger partial charge in [-0.3, -0.25) is 4.79 Å². The first-order valence-electron chi connectivity index (χ1n) is 10.1. The molecule has 1 amide bonds. The van der Waals surface area contributed by atoms with Gasteiger partial charge in [0.2, 0.25) is 10.0 Å². The minimum Gasteiger partial charge on any atom is -0.493 e. The van der Waals surface area contributed by atoms with E-state index >= 15 is 0 Å². The third kappa shape index (κ3) is 5.96. The van der Waals surface area contributed by atoms with Crippen LogP contribution in [0.15, 0.2) is 47.4 Å². The first-order valence-corrected chi connectivity index (χ1v) is 11.6. The Morgan fingerprint density at radius 2 is 1.73 bits per heavy atom. The molecule has 1 saturated carbocycles. The van der Waals surface area contributed by atoms with Gasteiger partial charge in [-0.2, -0.15) is 0 Å². The van der Waals surface area contributed by atoms with Crippen molar-refractivity contribution in [3.8, 4) is 11.5 Å². The van der Waals surface area contributed by atoms with Crippen LogP contribution in [0, 0.1) is 6.92 Å². The summed E-state index contributed by atoms with van der Waals surface area (Å²) in [5.41, 5.74) is 1.52. The van der Waals surface area contributed by atoms with E-state index < -0.39 is 10.0 Å². The smallest absolute Gasteiger partial charge is 0.262 e. The van der Waals surface area contributed by atoms with Gasteiger partial charge in [0.15, 0.2) is 18.1 Å². The summed E-state index contributed by atoms with van der Waals surface area (Å²) in [5.74, 6) is 0.685. The molecule has 0 aliphatic heterocycles.